The van der Waals surface area contributed by atoms with Crippen molar-refractivity contribution in [2.24, 2.45) is 0 Å². The molecule has 1 heterocycles. The summed E-state index contributed by atoms with van der Waals surface area (Å²) in [4.78, 5) is 11.0. The number of hydrogen-bond acceptors (Lipinski definition) is 4. The van der Waals surface area contributed by atoms with Crippen LogP contribution in [-0.2, 0) is 9.53 Å². The van der Waals surface area contributed by atoms with Crippen molar-refractivity contribution in [3.8, 4) is 0 Å². The lowest BCUT2D eigenvalue weighted by Crippen LogP contribution is -2.44. The van der Waals surface area contributed by atoms with Crippen LogP contribution < -0.4 is 10.9 Å². The predicted octanol–water partition coefficient (Wildman–Crippen LogP) is -0.194. The molecule has 1 unspecified atom stereocenters. The SMILES string of the molecule is COC(=O)C1CCCCNN1. The van der Waals surface area contributed by atoms with Crippen LogP contribution in [-0.4, -0.2) is 25.7 Å². The van der Waals surface area contributed by atoms with Gasteiger partial charge in [0.15, 0.2) is 0 Å². The fourth-order valence-electron chi connectivity index (χ4n) is 1.15. The number of rotatable bonds is 1. The molecule has 1 aliphatic rings. The Balaban J connectivity index is 2.36. The molecule has 0 spiro atoms. The molecule has 1 fully saturated rings. The van der Waals surface area contributed by atoms with Crippen LogP contribution in [0.2, 0.25) is 0 Å². The first-order valence-corrected chi connectivity index (χ1v) is 3.91. The van der Waals surface area contributed by atoms with Gasteiger partial charge >= 0.3 is 5.97 Å². The van der Waals surface area contributed by atoms with Crippen molar-refractivity contribution in [3.63, 3.8) is 0 Å². The Morgan fingerprint density at radius 3 is 3.09 bits per heavy atom. The Labute approximate surface area is 66.3 Å². The van der Waals surface area contributed by atoms with E-state index in [1.807, 2.05) is 0 Å². The Morgan fingerprint density at radius 1 is 1.55 bits per heavy atom. The maximum atomic E-state index is 11.0. The highest BCUT2D eigenvalue weighted by Crippen LogP contribution is 2.03. The highest BCUT2D eigenvalue weighted by atomic mass is 16.5. The van der Waals surface area contributed by atoms with E-state index < -0.39 is 0 Å². The molecule has 1 rings (SSSR count). The van der Waals surface area contributed by atoms with Crippen LogP contribution in [0.3, 0.4) is 0 Å². The standard InChI is InChI=1S/C7H14N2O2/c1-11-7(10)6-4-2-3-5-8-9-6/h6,8-9H,2-5H2,1H3. The topological polar surface area (TPSA) is 50.4 Å². The third-order valence-corrected chi connectivity index (χ3v) is 1.81. The summed E-state index contributed by atoms with van der Waals surface area (Å²) in [5.74, 6) is -0.181. The summed E-state index contributed by atoms with van der Waals surface area (Å²) < 4.78 is 4.60. The lowest BCUT2D eigenvalue weighted by molar-refractivity contribution is -0.143. The van der Waals surface area contributed by atoms with Gasteiger partial charge in [-0.3, -0.25) is 10.2 Å². The van der Waals surface area contributed by atoms with Gasteiger partial charge in [-0.05, 0) is 19.3 Å². The molecule has 1 aliphatic heterocycles. The van der Waals surface area contributed by atoms with Crippen LogP contribution >= 0.6 is 0 Å². The van der Waals surface area contributed by atoms with Gasteiger partial charge in [-0.1, -0.05) is 0 Å². The molecule has 4 heteroatoms. The average molecular weight is 158 g/mol. The Morgan fingerprint density at radius 2 is 2.36 bits per heavy atom. The van der Waals surface area contributed by atoms with Crippen molar-refractivity contribution < 1.29 is 9.53 Å². The number of ether oxygens (including phenoxy) is 1. The first kappa shape index (κ1) is 8.49. The van der Waals surface area contributed by atoms with Crippen molar-refractivity contribution >= 4 is 5.97 Å². The van der Waals surface area contributed by atoms with Crippen molar-refractivity contribution in [2.75, 3.05) is 13.7 Å². The zero-order chi connectivity index (χ0) is 8.10. The zero-order valence-corrected chi connectivity index (χ0v) is 6.72. The first-order valence-electron chi connectivity index (χ1n) is 3.91. The summed E-state index contributed by atoms with van der Waals surface area (Å²) in [6.07, 6.45) is 3.04. The molecule has 0 amide bonds. The van der Waals surface area contributed by atoms with E-state index in [9.17, 15) is 4.79 Å². The fourth-order valence-corrected chi connectivity index (χ4v) is 1.15. The Kier molecular flexibility index (Phi) is 3.32. The van der Waals surface area contributed by atoms with Crippen LogP contribution in [0.25, 0.3) is 0 Å². The summed E-state index contributed by atoms with van der Waals surface area (Å²) in [5, 5.41) is 0. The van der Waals surface area contributed by atoms with Crippen molar-refractivity contribution in [2.45, 2.75) is 25.3 Å². The van der Waals surface area contributed by atoms with Gasteiger partial charge in [0.1, 0.15) is 6.04 Å². The molecule has 1 saturated heterocycles. The average Bonchev–Trinajstić information content (AvgIpc) is 2.30. The lowest BCUT2D eigenvalue weighted by Gasteiger charge is -2.12. The Bertz CT molecular complexity index is 130. The molecule has 0 aromatic heterocycles. The minimum atomic E-state index is -0.181. The van der Waals surface area contributed by atoms with Gasteiger partial charge in [0.05, 0.1) is 7.11 Å². The maximum absolute atomic E-state index is 11.0. The quantitative estimate of drug-likeness (QED) is 0.519. The molecular weight excluding hydrogens is 144 g/mol. The van der Waals surface area contributed by atoms with Gasteiger partial charge in [0, 0.05) is 6.54 Å². The fraction of sp³-hybridized carbons (Fsp3) is 0.857. The van der Waals surface area contributed by atoms with Crippen molar-refractivity contribution in [1.29, 1.82) is 0 Å². The number of nitrogens with one attached hydrogen (secondary N) is 2. The number of carbonyl (C=O) groups is 1. The van der Waals surface area contributed by atoms with E-state index in [1.54, 1.807) is 0 Å². The molecule has 0 aromatic carbocycles. The first-order chi connectivity index (χ1) is 5.34. The van der Waals surface area contributed by atoms with Crippen molar-refractivity contribution in [3.05, 3.63) is 0 Å². The number of carbonyl (C=O) groups excluding carboxylic acids is 1. The lowest BCUT2D eigenvalue weighted by atomic mass is 10.1. The summed E-state index contributed by atoms with van der Waals surface area (Å²) in [6.45, 7) is 0.924. The van der Waals surface area contributed by atoms with Crippen molar-refractivity contribution in [1.82, 2.24) is 10.9 Å². The molecule has 64 valence electrons. The largest absolute Gasteiger partial charge is 0.468 e. The minimum Gasteiger partial charge on any atom is -0.468 e. The summed E-state index contributed by atoms with van der Waals surface area (Å²) in [5.41, 5.74) is 5.87. The molecule has 0 saturated carbocycles. The number of hydrogen-bond donors (Lipinski definition) is 2. The van der Waals surface area contributed by atoms with E-state index in [-0.39, 0.29) is 12.0 Å². The van der Waals surface area contributed by atoms with Crippen LogP contribution in [0.15, 0.2) is 0 Å². The molecular formula is C7H14N2O2. The third kappa shape index (κ3) is 2.48. The summed E-state index contributed by atoms with van der Waals surface area (Å²) in [6, 6.07) is -0.164. The van der Waals surface area contributed by atoms with E-state index >= 15 is 0 Å². The second-order valence-corrected chi connectivity index (χ2v) is 2.64. The zero-order valence-electron chi connectivity index (χ0n) is 6.72. The smallest absolute Gasteiger partial charge is 0.324 e. The van der Waals surface area contributed by atoms with Crippen LogP contribution in [0, 0.1) is 0 Å². The van der Waals surface area contributed by atoms with E-state index in [4.69, 9.17) is 0 Å². The van der Waals surface area contributed by atoms with E-state index in [0.717, 1.165) is 25.8 Å². The summed E-state index contributed by atoms with van der Waals surface area (Å²) >= 11 is 0. The van der Waals surface area contributed by atoms with Crippen LogP contribution in [0.4, 0.5) is 0 Å². The van der Waals surface area contributed by atoms with Gasteiger partial charge in [-0.15, -0.1) is 0 Å². The molecule has 2 N–H and O–H groups in total. The highest BCUT2D eigenvalue weighted by Gasteiger charge is 2.19. The van der Waals surface area contributed by atoms with Crippen LogP contribution in [0.5, 0.6) is 0 Å². The summed E-state index contributed by atoms with van der Waals surface area (Å²) in [7, 11) is 1.41. The maximum Gasteiger partial charge on any atom is 0.324 e. The molecule has 0 aliphatic carbocycles. The predicted molar refractivity (Wildman–Crippen MR) is 40.8 cm³/mol. The third-order valence-electron chi connectivity index (χ3n) is 1.81. The minimum absolute atomic E-state index is 0.164. The van der Waals surface area contributed by atoms with E-state index in [2.05, 4.69) is 15.6 Å². The van der Waals surface area contributed by atoms with Gasteiger partial charge in [-0.2, -0.15) is 0 Å². The van der Waals surface area contributed by atoms with Gasteiger partial charge < -0.3 is 4.74 Å². The van der Waals surface area contributed by atoms with Gasteiger partial charge in [0.25, 0.3) is 0 Å². The number of methoxy groups -OCH3 is 1. The van der Waals surface area contributed by atoms with E-state index in [1.165, 1.54) is 7.11 Å². The van der Waals surface area contributed by atoms with Gasteiger partial charge in [-0.25, -0.2) is 5.43 Å². The second kappa shape index (κ2) is 4.31. The highest BCUT2D eigenvalue weighted by molar-refractivity contribution is 5.75. The number of hydrazine groups is 1. The normalized spacial score (nSPS) is 25.7. The number of esters is 1. The Hall–Kier alpha value is -0.610. The van der Waals surface area contributed by atoms with Gasteiger partial charge in [0.2, 0.25) is 0 Å². The molecule has 0 radical (unpaired) electrons. The molecule has 11 heavy (non-hydrogen) atoms. The molecule has 0 aromatic rings. The second-order valence-electron chi connectivity index (χ2n) is 2.64. The van der Waals surface area contributed by atoms with Crippen LogP contribution in [0.1, 0.15) is 19.3 Å². The van der Waals surface area contributed by atoms with E-state index in [0.29, 0.717) is 0 Å². The molecule has 4 nitrogen and oxygen atoms in total. The molecule has 0 bridgehead atoms. The monoisotopic (exact) mass is 158 g/mol. The molecule has 1 atom stereocenters.